The van der Waals surface area contributed by atoms with E-state index in [1.807, 2.05) is 31.2 Å². The van der Waals surface area contributed by atoms with E-state index in [4.69, 9.17) is 4.74 Å². The monoisotopic (exact) mass is 473 g/mol. The maximum atomic E-state index is 13.1. The molecule has 2 aromatic carbocycles. The average Bonchev–Trinajstić information content (AvgIpc) is 3.27. The number of hydrogen-bond acceptors (Lipinski definition) is 5. The smallest absolute Gasteiger partial charge is 0.251 e. The van der Waals surface area contributed by atoms with Crippen LogP contribution in [0.5, 0.6) is 5.75 Å². The summed E-state index contributed by atoms with van der Waals surface area (Å²) in [5.41, 5.74) is 1.55. The second-order valence-electron chi connectivity index (χ2n) is 9.58. The van der Waals surface area contributed by atoms with Gasteiger partial charge in [-0.3, -0.25) is 9.69 Å². The zero-order chi connectivity index (χ0) is 24.2. The van der Waals surface area contributed by atoms with Gasteiger partial charge in [-0.1, -0.05) is 18.2 Å². The highest BCUT2D eigenvalue weighted by atomic mass is 32.2. The van der Waals surface area contributed by atoms with Crippen LogP contribution in [-0.2, 0) is 10.0 Å². The Morgan fingerprint density at radius 1 is 1.12 bits per heavy atom. The fourth-order valence-electron chi connectivity index (χ4n) is 4.12. The van der Waals surface area contributed by atoms with Crippen LogP contribution in [0.2, 0.25) is 0 Å². The molecular formula is C25H35N3O4S. The van der Waals surface area contributed by atoms with E-state index in [2.05, 4.69) is 14.9 Å². The molecule has 1 atom stereocenters. The first-order valence-electron chi connectivity index (χ1n) is 11.3. The fourth-order valence-corrected chi connectivity index (χ4v) is 5.56. The first-order valence-corrected chi connectivity index (χ1v) is 12.8. The van der Waals surface area contributed by atoms with E-state index in [1.165, 1.54) is 12.1 Å². The van der Waals surface area contributed by atoms with E-state index in [1.54, 1.807) is 33.9 Å². The molecule has 0 spiro atoms. The predicted octanol–water partition coefficient (Wildman–Crippen LogP) is 3.65. The number of hydrogen-bond donors (Lipinski definition) is 2. The van der Waals surface area contributed by atoms with Gasteiger partial charge >= 0.3 is 0 Å². The summed E-state index contributed by atoms with van der Waals surface area (Å²) in [6.07, 6.45) is 2.27. The number of benzene rings is 2. The molecule has 8 heteroatoms. The van der Waals surface area contributed by atoms with Crippen LogP contribution in [-0.4, -0.2) is 51.5 Å². The number of ether oxygens (including phenoxy) is 1. The van der Waals surface area contributed by atoms with Gasteiger partial charge in [0, 0.05) is 17.6 Å². The lowest BCUT2D eigenvalue weighted by Gasteiger charge is -2.28. The molecule has 0 radical (unpaired) electrons. The number of likely N-dealkylation sites (tertiary alicyclic amines) is 1. The normalized spacial score (nSPS) is 15.9. The molecule has 1 amide bonds. The predicted molar refractivity (Wildman–Crippen MR) is 130 cm³/mol. The van der Waals surface area contributed by atoms with Gasteiger partial charge in [-0.25, -0.2) is 13.1 Å². The van der Waals surface area contributed by atoms with Crippen LogP contribution in [0.4, 0.5) is 0 Å². The molecule has 2 aromatic rings. The van der Waals surface area contributed by atoms with Crippen molar-refractivity contribution in [3.05, 3.63) is 59.2 Å². The number of sulfonamides is 1. The molecule has 1 fully saturated rings. The highest BCUT2D eigenvalue weighted by Crippen LogP contribution is 2.27. The van der Waals surface area contributed by atoms with Crippen molar-refractivity contribution in [1.29, 1.82) is 0 Å². The molecule has 1 saturated heterocycles. The van der Waals surface area contributed by atoms with Crippen molar-refractivity contribution in [3.63, 3.8) is 0 Å². The third-order valence-corrected chi connectivity index (χ3v) is 7.48. The first-order chi connectivity index (χ1) is 15.5. The largest absolute Gasteiger partial charge is 0.497 e. The molecule has 0 aliphatic carbocycles. The van der Waals surface area contributed by atoms with Crippen LogP contribution in [0, 0.1) is 6.92 Å². The Morgan fingerprint density at radius 3 is 2.45 bits per heavy atom. The van der Waals surface area contributed by atoms with Gasteiger partial charge < -0.3 is 10.1 Å². The fraction of sp³-hybridized carbons (Fsp3) is 0.480. The number of aryl methyl sites for hydroxylation is 1. The molecule has 7 nitrogen and oxygen atoms in total. The second-order valence-corrected chi connectivity index (χ2v) is 11.3. The maximum Gasteiger partial charge on any atom is 0.251 e. The minimum absolute atomic E-state index is 0.0151. The summed E-state index contributed by atoms with van der Waals surface area (Å²) in [7, 11) is -2.09. The van der Waals surface area contributed by atoms with Crippen molar-refractivity contribution in [2.45, 2.75) is 57.0 Å². The van der Waals surface area contributed by atoms with E-state index in [9.17, 15) is 13.2 Å². The standard InChI is InChI=1S/C25H35N3O4S/c1-18-11-12-21(33(30,31)27-25(2,3)4)16-22(18)24(29)26-17-23(28-13-6-7-14-28)19-9-8-10-20(15-19)32-5/h8-12,15-16,23,27H,6-7,13-14,17H2,1-5H3,(H,26,29)/t23-/m0/s1. The van der Waals surface area contributed by atoms with Crippen molar-refractivity contribution >= 4 is 15.9 Å². The average molecular weight is 474 g/mol. The lowest BCUT2D eigenvalue weighted by atomic mass is 10.0. The van der Waals surface area contributed by atoms with Gasteiger partial charge in [0.15, 0.2) is 0 Å². The molecule has 2 N–H and O–H groups in total. The minimum Gasteiger partial charge on any atom is -0.497 e. The number of amides is 1. The zero-order valence-electron chi connectivity index (χ0n) is 20.1. The number of nitrogens with zero attached hydrogens (tertiary/aromatic N) is 1. The Hall–Kier alpha value is -2.42. The van der Waals surface area contributed by atoms with Crippen LogP contribution in [0.3, 0.4) is 0 Å². The van der Waals surface area contributed by atoms with Crippen molar-refractivity contribution < 1.29 is 17.9 Å². The zero-order valence-corrected chi connectivity index (χ0v) is 21.0. The van der Waals surface area contributed by atoms with E-state index in [-0.39, 0.29) is 16.8 Å². The molecule has 0 unspecified atom stereocenters. The molecule has 33 heavy (non-hydrogen) atoms. The van der Waals surface area contributed by atoms with E-state index in [0.29, 0.717) is 12.1 Å². The van der Waals surface area contributed by atoms with Crippen molar-refractivity contribution in [1.82, 2.24) is 14.9 Å². The Labute approximate surface area is 197 Å². The molecule has 180 valence electrons. The molecule has 0 saturated carbocycles. The van der Waals surface area contributed by atoms with Gasteiger partial charge in [0.25, 0.3) is 5.91 Å². The number of methoxy groups -OCH3 is 1. The number of nitrogens with one attached hydrogen (secondary N) is 2. The Balaban J connectivity index is 1.81. The number of carbonyl (C=O) groups is 1. The molecule has 0 aromatic heterocycles. The molecular weight excluding hydrogens is 438 g/mol. The van der Waals surface area contributed by atoms with Crippen molar-refractivity contribution in [2.24, 2.45) is 0 Å². The summed E-state index contributed by atoms with van der Waals surface area (Å²) < 4.78 is 33.5. The van der Waals surface area contributed by atoms with E-state index >= 15 is 0 Å². The van der Waals surface area contributed by atoms with E-state index < -0.39 is 15.6 Å². The second kappa shape index (κ2) is 10.2. The summed E-state index contributed by atoms with van der Waals surface area (Å²) in [4.78, 5) is 15.6. The lowest BCUT2D eigenvalue weighted by Crippen LogP contribution is -2.40. The van der Waals surface area contributed by atoms with Gasteiger partial charge in [-0.05, 0) is 89.0 Å². The lowest BCUT2D eigenvalue weighted by molar-refractivity contribution is 0.0937. The number of rotatable bonds is 8. The van der Waals surface area contributed by atoms with E-state index in [0.717, 1.165) is 42.8 Å². The first kappa shape index (κ1) is 25.2. The minimum atomic E-state index is -3.74. The molecule has 1 heterocycles. The topological polar surface area (TPSA) is 87.7 Å². The van der Waals surface area contributed by atoms with Gasteiger partial charge in [-0.15, -0.1) is 0 Å². The number of carbonyl (C=O) groups excluding carboxylic acids is 1. The molecule has 1 aliphatic rings. The third-order valence-electron chi connectivity index (χ3n) is 5.72. The highest BCUT2D eigenvalue weighted by Gasteiger charge is 2.26. The van der Waals surface area contributed by atoms with Gasteiger partial charge in [0.2, 0.25) is 10.0 Å². The summed E-state index contributed by atoms with van der Waals surface area (Å²) in [5.74, 6) is 0.496. The third kappa shape index (κ3) is 6.56. The van der Waals surface area contributed by atoms with Crippen LogP contribution in [0.1, 0.15) is 61.1 Å². The highest BCUT2D eigenvalue weighted by molar-refractivity contribution is 7.89. The van der Waals surface area contributed by atoms with Gasteiger partial charge in [0.05, 0.1) is 18.0 Å². The summed E-state index contributed by atoms with van der Waals surface area (Å²) >= 11 is 0. The van der Waals surface area contributed by atoms with Crippen LogP contribution < -0.4 is 14.8 Å². The van der Waals surface area contributed by atoms with Gasteiger partial charge in [0.1, 0.15) is 5.75 Å². The van der Waals surface area contributed by atoms with Gasteiger partial charge in [-0.2, -0.15) is 0 Å². The quantitative estimate of drug-likeness (QED) is 0.611. The summed E-state index contributed by atoms with van der Waals surface area (Å²) in [5, 5.41) is 3.04. The van der Waals surface area contributed by atoms with Crippen molar-refractivity contribution in [3.8, 4) is 5.75 Å². The van der Waals surface area contributed by atoms with Crippen LogP contribution >= 0.6 is 0 Å². The van der Waals surface area contributed by atoms with Crippen LogP contribution in [0.15, 0.2) is 47.4 Å². The summed E-state index contributed by atoms with van der Waals surface area (Å²) in [6, 6.07) is 12.6. The molecule has 0 bridgehead atoms. The Bertz CT molecular complexity index is 1090. The molecule has 3 rings (SSSR count). The maximum absolute atomic E-state index is 13.1. The molecule has 1 aliphatic heterocycles. The van der Waals surface area contributed by atoms with Crippen LogP contribution in [0.25, 0.3) is 0 Å². The SMILES string of the molecule is COc1cccc([C@H](CNC(=O)c2cc(S(=O)(=O)NC(C)(C)C)ccc2C)N2CCCC2)c1. The summed E-state index contributed by atoms with van der Waals surface area (Å²) in [6.45, 7) is 9.52. The Morgan fingerprint density at radius 2 is 1.82 bits per heavy atom. The van der Waals surface area contributed by atoms with Crippen molar-refractivity contribution in [2.75, 3.05) is 26.7 Å². The Kier molecular flexibility index (Phi) is 7.82.